The van der Waals surface area contributed by atoms with Crippen molar-refractivity contribution < 1.29 is 9.59 Å². The standard InChI is InChI=1S/C19H29N3O2/c1-14-7-9-15(10-8-14)20-17(23)13-22-11-5-6-16(12-22)21-18(24)19(2,3)4/h7-10,16H,5-6,11-13H2,1-4H3,(H,20,23)(H,21,24). The highest BCUT2D eigenvalue weighted by molar-refractivity contribution is 5.92. The van der Waals surface area contributed by atoms with Crippen LogP contribution in [0.1, 0.15) is 39.2 Å². The Morgan fingerprint density at radius 3 is 2.50 bits per heavy atom. The fourth-order valence-electron chi connectivity index (χ4n) is 2.76. The Morgan fingerprint density at radius 2 is 1.88 bits per heavy atom. The van der Waals surface area contributed by atoms with E-state index in [2.05, 4.69) is 15.5 Å². The number of nitrogens with one attached hydrogen (secondary N) is 2. The molecule has 5 heteroatoms. The maximum atomic E-state index is 12.2. The molecule has 5 nitrogen and oxygen atoms in total. The number of anilines is 1. The minimum atomic E-state index is -0.384. The van der Waals surface area contributed by atoms with Crippen LogP contribution in [0.3, 0.4) is 0 Å². The molecule has 1 aliphatic rings. The molecule has 1 heterocycles. The number of nitrogens with zero attached hydrogens (tertiary/aromatic N) is 1. The highest BCUT2D eigenvalue weighted by atomic mass is 16.2. The summed E-state index contributed by atoms with van der Waals surface area (Å²) in [6, 6.07) is 7.91. The monoisotopic (exact) mass is 331 g/mol. The molecule has 1 aliphatic heterocycles. The molecule has 0 aliphatic carbocycles. The first-order valence-electron chi connectivity index (χ1n) is 8.64. The van der Waals surface area contributed by atoms with Crippen LogP contribution in [-0.4, -0.2) is 42.4 Å². The average molecular weight is 331 g/mol. The number of amides is 2. The SMILES string of the molecule is Cc1ccc(NC(=O)CN2CCCC(NC(=O)C(C)(C)C)C2)cc1. The fourth-order valence-corrected chi connectivity index (χ4v) is 2.76. The van der Waals surface area contributed by atoms with Gasteiger partial charge in [-0.15, -0.1) is 0 Å². The number of benzene rings is 1. The van der Waals surface area contributed by atoms with Crippen molar-refractivity contribution in [1.29, 1.82) is 0 Å². The Kier molecular flexibility index (Phi) is 5.99. The smallest absolute Gasteiger partial charge is 0.238 e. The molecular formula is C19H29N3O2. The molecule has 0 radical (unpaired) electrons. The molecule has 1 unspecified atom stereocenters. The number of carbonyl (C=O) groups excluding carboxylic acids is 2. The summed E-state index contributed by atoms with van der Waals surface area (Å²) in [5, 5.41) is 6.03. The molecule has 2 amide bonds. The molecule has 2 rings (SSSR count). The van der Waals surface area contributed by atoms with Gasteiger partial charge in [0.25, 0.3) is 0 Å². The van der Waals surface area contributed by atoms with Crippen LogP contribution in [0.2, 0.25) is 0 Å². The van der Waals surface area contributed by atoms with Crippen molar-refractivity contribution in [1.82, 2.24) is 10.2 Å². The first-order chi connectivity index (χ1) is 11.2. The number of aryl methyl sites for hydroxylation is 1. The third-order valence-electron chi connectivity index (χ3n) is 4.22. The topological polar surface area (TPSA) is 61.4 Å². The molecule has 1 aromatic carbocycles. The minimum Gasteiger partial charge on any atom is -0.352 e. The van der Waals surface area contributed by atoms with E-state index in [1.165, 1.54) is 5.56 Å². The van der Waals surface area contributed by atoms with Gasteiger partial charge in [0.05, 0.1) is 6.54 Å². The number of rotatable bonds is 4. The molecule has 1 aromatic rings. The van der Waals surface area contributed by atoms with Crippen LogP contribution in [0, 0.1) is 12.3 Å². The first-order valence-corrected chi connectivity index (χ1v) is 8.64. The maximum absolute atomic E-state index is 12.2. The summed E-state index contributed by atoms with van der Waals surface area (Å²) in [6.07, 6.45) is 1.96. The van der Waals surface area contributed by atoms with Gasteiger partial charge in [0, 0.05) is 23.7 Å². The summed E-state index contributed by atoms with van der Waals surface area (Å²) in [7, 11) is 0. The largest absolute Gasteiger partial charge is 0.352 e. The van der Waals surface area contributed by atoms with E-state index in [1.54, 1.807) is 0 Å². The second kappa shape index (κ2) is 7.79. The Morgan fingerprint density at radius 1 is 1.21 bits per heavy atom. The fraction of sp³-hybridized carbons (Fsp3) is 0.579. The summed E-state index contributed by atoms with van der Waals surface area (Å²) in [5.41, 5.74) is 1.60. The molecule has 0 saturated carbocycles. The molecule has 1 fully saturated rings. The summed E-state index contributed by atoms with van der Waals surface area (Å²) in [5.74, 6) is 0.0557. The van der Waals surface area contributed by atoms with E-state index >= 15 is 0 Å². The first kappa shape index (κ1) is 18.5. The summed E-state index contributed by atoms with van der Waals surface area (Å²) in [6.45, 7) is 9.74. The maximum Gasteiger partial charge on any atom is 0.238 e. The predicted molar refractivity (Wildman–Crippen MR) is 96.9 cm³/mol. The molecule has 2 N–H and O–H groups in total. The third-order valence-corrected chi connectivity index (χ3v) is 4.22. The van der Waals surface area contributed by atoms with Gasteiger partial charge in [-0.05, 0) is 38.4 Å². The van der Waals surface area contributed by atoms with Gasteiger partial charge in [-0.1, -0.05) is 38.5 Å². The third kappa shape index (κ3) is 5.64. The molecule has 0 spiro atoms. The molecule has 0 aromatic heterocycles. The van der Waals surface area contributed by atoms with Gasteiger partial charge in [0.15, 0.2) is 0 Å². The van der Waals surface area contributed by atoms with Crippen molar-refractivity contribution >= 4 is 17.5 Å². The average Bonchev–Trinajstić information content (AvgIpc) is 2.49. The number of likely N-dealkylation sites (tertiary alicyclic amines) is 1. The van der Waals surface area contributed by atoms with Crippen molar-refractivity contribution in [2.45, 2.75) is 46.6 Å². The van der Waals surface area contributed by atoms with Crippen LogP contribution < -0.4 is 10.6 Å². The van der Waals surface area contributed by atoms with E-state index in [0.29, 0.717) is 6.54 Å². The highest BCUT2D eigenvalue weighted by Gasteiger charge is 2.27. The van der Waals surface area contributed by atoms with Crippen molar-refractivity contribution in [2.24, 2.45) is 5.41 Å². The lowest BCUT2D eigenvalue weighted by molar-refractivity contribution is -0.129. The Hall–Kier alpha value is -1.88. The van der Waals surface area contributed by atoms with Gasteiger partial charge in [-0.2, -0.15) is 0 Å². The molecule has 1 saturated heterocycles. The van der Waals surface area contributed by atoms with Crippen LogP contribution in [0.5, 0.6) is 0 Å². The number of hydrogen-bond acceptors (Lipinski definition) is 3. The molecule has 1 atom stereocenters. The summed E-state index contributed by atoms with van der Waals surface area (Å²) in [4.78, 5) is 26.4. The number of piperidine rings is 1. The van der Waals surface area contributed by atoms with Gasteiger partial charge in [-0.3, -0.25) is 14.5 Å². The lowest BCUT2D eigenvalue weighted by Crippen LogP contribution is -2.51. The van der Waals surface area contributed by atoms with E-state index in [0.717, 1.165) is 31.6 Å². The van der Waals surface area contributed by atoms with E-state index < -0.39 is 0 Å². The van der Waals surface area contributed by atoms with Gasteiger partial charge in [0.1, 0.15) is 0 Å². The normalized spacial score (nSPS) is 18.9. The quantitative estimate of drug-likeness (QED) is 0.891. The Labute approximate surface area is 144 Å². The molecule has 0 bridgehead atoms. The zero-order valence-corrected chi connectivity index (χ0v) is 15.2. The summed E-state index contributed by atoms with van der Waals surface area (Å²) < 4.78 is 0. The van der Waals surface area contributed by atoms with Gasteiger partial charge < -0.3 is 10.6 Å². The van der Waals surface area contributed by atoms with Crippen molar-refractivity contribution in [3.63, 3.8) is 0 Å². The second-order valence-corrected chi connectivity index (χ2v) is 7.71. The van der Waals surface area contributed by atoms with Gasteiger partial charge in [0.2, 0.25) is 11.8 Å². The lowest BCUT2D eigenvalue weighted by Gasteiger charge is -2.34. The van der Waals surface area contributed by atoms with Crippen LogP contribution in [-0.2, 0) is 9.59 Å². The van der Waals surface area contributed by atoms with E-state index in [1.807, 2.05) is 52.0 Å². The van der Waals surface area contributed by atoms with Crippen LogP contribution >= 0.6 is 0 Å². The van der Waals surface area contributed by atoms with E-state index in [-0.39, 0.29) is 23.3 Å². The second-order valence-electron chi connectivity index (χ2n) is 7.71. The lowest BCUT2D eigenvalue weighted by atomic mass is 9.94. The van der Waals surface area contributed by atoms with Gasteiger partial charge >= 0.3 is 0 Å². The molecular weight excluding hydrogens is 302 g/mol. The van der Waals surface area contributed by atoms with Crippen molar-refractivity contribution in [3.8, 4) is 0 Å². The minimum absolute atomic E-state index is 0.0124. The zero-order valence-electron chi connectivity index (χ0n) is 15.2. The predicted octanol–water partition coefficient (Wildman–Crippen LogP) is 2.56. The van der Waals surface area contributed by atoms with E-state index in [9.17, 15) is 9.59 Å². The molecule has 132 valence electrons. The molecule has 24 heavy (non-hydrogen) atoms. The number of carbonyl (C=O) groups is 2. The van der Waals surface area contributed by atoms with Crippen LogP contribution in [0.15, 0.2) is 24.3 Å². The van der Waals surface area contributed by atoms with Crippen LogP contribution in [0.25, 0.3) is 0 Å². The summed E-state index contributed by atoms with van der Waals surface area (Å²) >= 11 is 0. The van der Waals surface area contributed by atoms with Crippen molar-refractivity contribution in [2.75, 3.05) is 25.0 Å². The number of hydrogen-bond donors (Lipinski definition) is 2. The Balaban J connectivity index is 1.82. The highest BCUT2D eigenvalue weighted by Crippen LogP contribution is 2.16. The van der Waals surface area contributed by atoms with E-state index in [4.69, 9.17) is 0 Å². The van der Waals surface area contributed by atoms with Crippen molar-refractivity contribution in [3.05, 3.63) is 29.8 Å². The Bertz CT molecular complexity index is 575. The van der Waals surface area contributed by atoms with Gasteiger partial charge in [-0.25, -0.2) is 0 Å². The van der Waals surface area contributed by atoms with Crippen LogP contribution in [0.4, 0.5) is 5.69 Å². The zero-order chi connectivity index (χ0) is 17.7.